The van der Waals surface area contributed by atoms with E-state index in [2.05, 4.69) is 22.2 Å². The average molecular weight is 458 g/mol. The fourth-order valence-electron chi connectivity index (χ4n) is 3.75. The third kappa shape index (κ3) is 4.80. The van der Waals surface area contributed by atoms with Crippen LogP contribution in [-0.4, -0.2) is 40.1 Å². The molecule has 0 bridgehead atoms. The molecule has 4 aromatic rings. The van der Waals surface area contributed by atoms with Crippen LogP contribution in [0.15, 0.2) is 64.2 Å². The van der Waals surface area contributed by atoms with Gasteiger partial charge in [0.15, 0.2) is 5.76 Å². The van der Waals surface area contributed by atoms with Crippen molar-refractivity contribution in [2.75, 3.05) is 13.7 Å². The van der Waals surface area contributed by atoms with Gasteiger partial charge < -0.3 is 19.0 Å². The number of hydrogen-bond acceptors (Lipinski definition) is 7. The smallest absolute Gasteiger partial charge is 0.158 e. The van der Waals surface area contributed by atoms with Crippen LogP contribution >= 0.6 is 0 Å². The third-order valence-electron chi connectivity index (χ3n) is 5.67. The summed E-state index contributed by atoms with van der Waals surface area (Å²) >= 11 is 0. The number of H-pyrrole nitrogens is 1. The molecule has 2 aromatic carbocycles. The van der Waals surface area contributed by atoms with E-state index in [1.54, 1.807) is 13.3 Å². The monoisotopic (exact) mass is 457 g/mol. The Kier molecular flexibility index (Phi) is 6.29. The zero-order chi connectivity index (χ0) is 23.3. The summed E-state index contributed by atoms with van der Waals surface area (Å²) in [5.74, 6) is 3.23. The minimum Gasteiger partial charge on any atom is -0.497 e. The second-order valence-electron chi connectivity index (χ2n) is 8.15. The van der Waals surface area contributed by atoms with Crippen LogP contribution < -0.4 is 9.47 Å². The number of hydrogen-bond donors (Lipinski definition) is 1. The lowest BCUT2D eigenvalue weighted by Crippen LogP contribution is -2.21. The first-order valence-electron chi connectivity index (χ1n) is 11.4. The number of hydrazone groups is 1. The fourth-order valence-corrected chi connectivity index (χ4v) is 3.75. The summed E-state index contributed by atoms with van der Waals surface area (Å²) in [7, 11) is 1.66. The van der Waals surface area contributed by atoms with Crippen molar-refractivity contribution in [2.45, 2.75) is 32.9 Å². The number of rotatable bonds is 9. The van der Waals surface area contributed by atoms with Gasteiger partial charge in [0.05, 0.1) is 44.4 Å². The predicted molar refractivity (Wildman–Crippen MR) is 130 cm³/mol. The number of methoxy groups -OCH3 is 1. The lowest BCUT2D eigenvalue weighted by atomic mass is 10.1. The van der Waals surface area contributed by atoms with Gasteiger partial charge in [-0.2, -0.15) is 5.10 Å². The Balaban J connectivity index is 1.22. The molecule has 1 aliphatic rings. The quantitative estimate of drug-likeness (QED) is 0.345. The maximum Gasteiger partial charge on any atom is 0.158 e. The van der Waals surface area contributed by atoms with Crippen LogP contribution in [0.2, 0.25) is 0 Å². The number of nitrogens with zero attached hydrogens (tertiary/aromatic N) is 4. The van der Waals surface area contributed by atoms with E-state index in [0.717, 1.165) is 70.7 Å². The molecular formula is C26H27N5O3. The van der Waals surface area contributed by atoms with Crippen molar-refractivity contribution in [3.8, 4) is 34.1 Å². The van der Waals surface area contributed by atoms with Crippen LogP contribution in [0.3, 0.4) is 0 Å². The minimum atomic E-state index is 0.506. The maximum atomic E-state index is 5.73. The van der Waals surface area contributed by atoms with Gasteiger partial charge in [0.2, 0.25) is 0 Å². The molecule has 8 nitrogen and oxygen atoms in total. The molecule has 0 unspecified atom stereocenters. The number of fused-ring (bicyclic) bond motifs is 1. The fraction of sp³-hybridized carbons (Fsp3) is 0.269. The van der Waals surface area contributed by atoms with E-state index < -0.39 is 0 Å². The third-order valence-corrected chi connectivity index (χ3v) is 5.67. The molecule has 0 atom stereocenters. The standard InChI is InChI=1S/C26H27N5O3/c1-3-4-13-33-21-11-5-18(6-12-21)23-14-22(34-30-23)16-31-17-25-24(15-27-31)28-26(29-25)19-7-9-20(32-2)10-8-19/h5-12,14-15H,3-4,13,16-17H2,1-2H3,(H,28,29). The van der Waals surface area contributed by atoms with Crippen LogP contribution in [-0.2, 0) is 13.1 Å². The van der Waals surface area contributed by atoms with Gasteiger partial charge in [0.25, 0.3) is 0 Å². The van der Waals surface area contributed by atoms with E-state index in [-0.39, 0.29) is 0 Å². The van der Waals surface area contributed by atoms with E-state index in [1.807, 2.05) is 59.6 Å². The van der Waals surface area contributed by atoms with Crippen molar-refractivity contribution >= 4 is 6.21 Å². The summed E-state index contributed by atoms with van der Waals surface area (Å²) in [6.45, 7) is 3.97. The lowest BCUT2D eigenvalue weighted by Gasteiger charge is -2.19. The number of unbranched alkanes of at least 4 members (excludes halogenated alkanes) is 1. The Bertz CT molecular complexity index is 1260. The summed E-state index contributed by atoms with van der Waals surface area (Å²) in [5, 5.41) is 10.7. The number of benzene rings is 2. The van der Waals surface area contributed by atoms with E-state index in [0.29, 0.717) is 13.1 Å². The van der Waals surface area contributed by atoms with Crippen molar-refractivity contribution in [3.05, 3.63) is 71.7 Å². The molecule has 1 N–H and O–H groups in total. The molecule has 0 saturated heterocycles. The highest BCUT2D eigenvalue weighted by Gasteiger charge is 2.19. The zero-order valence-electron chi connectivity index (χ0n) is 19.3. The summed E-state index contributed by atoms with van der Waals surface area (Å²) in [6.07, 6.45) is 3.97. The summed E-state index contributed by atoms with van der Waals surface area (Å²) in [5.41, 5.74) is 4.63. The number of aromatic nitrogens is 3. The summed E-state index contributed by atoms with van der Waals surface area (Å²) in [6, 6.07) is 17.7. The number of imidazole rings is 1. The molecule has 174 valence electrons. The van der Waals surface area contributed by atoms with Crippen LogP contribution in [0.1, 0.15) is 36.9 Å². The summed E-state index contributed by atoms with van der Waals surface area (Å²) < 4.78 is 16.5. The maximum absolute atomic E-state index is 5.73. The van der Waals surface area contributed by atoms with E-state index in [9.17, 15) is 0 Å². The Morgan fingerprint density at radius 2 is 1.79 bits per heavy atom. The molecule has 3 heterocycles. The molecule has 0 aliphatic carbocycles. The first-order chi connectivity index (χ1) is 16.7. The van der Waals surface area contributed by atoms with Crippen molar-refractivity contribution in [1.82, 2.24) is 20.1 Å². The van der Waals surface area contributed by atoms with E-state index in [1.165, 1.54) is 0 Å². The predicted octanol–water partition coefficient (Wildman–Crippen LogP) is 5.27. The molecule has 0 fully saturated rings. The highest BCUT2D eigenvalue weighted by molar-refractivity contribution is 5.80. The van der Waals surface area contributed by atoms with Crippen LogP contribution in [0.25, 0.3) is 22.6 Å². The van der Waals surface area contributed by atoms with Crippen molar-refractivity contribution in [2.24, 2.45) is 5.10 Å². The van der Waals surface area contributed by atoms with E-state index in [4.69, 9.17) is 19.0 Å². The highest BCUT2D eigenvalue weighted by Crippen LogP contribution is 2.26. The molecule has 0 saturated carbocycles. The van der Waals surface area contributed by atoms with Gasteiger partial charge in [-0.05, 0) is 55.0 Å². The van der Waals surface area contributed by atoms with Crippen LogP contribution in [0.5, 0.6) is 11.5 Å². The summed E-state index contributed by atoms with van der Waals surface area (Å²) in [4.78, 5) is 8.11. The van der Waals surface area contributed by atoms with Gasteiger partial charge in [0, 0.05) is 17.2 Å². The molecule has 34 heavy (non-hydrogen) atoms. The molecule has 0 spiro atoms. The SMILES string of the molecule is CCCCOc1ccc(-c2cc(CN3Cc4nc(-c5ccc(OC)cc5)[nH]c4C=N3)on2)cc1. The Morgan fingerprint density at radius 1 is 1.03 bits per heavy atom. The molecule has 1 aliphatic heterocycles. The van der Waals surface area contributed by atoms with Crippen molar-refractivity contribution < 1.29 is 14.0 Å². The Hall–Kier alpha value is -4.07. The first kappa shape index (κ1) is 21.8. The second-order valence-corrected chi connectivity index (χ2v) is 8.15. The van der Waals surface area contributed by atoms with Gasteiger partial charge in [-0.15, -0.1) is 0 Å². The Morgan fingerprint density at radius 3 is 2.56 bits per heavy atom. The van der Waals surface area contributed by atoms with Gasteiger partial charge in [0.1, 0.15) is 23.0 Å². The molecule has 2 aromatic heterocycles. The van der Waals surface area contributed by atoms with Crippen molar-refractivity contribution in [3.63, 3.8) is 0 Å². The van der Waals surface area contributed by atoms with E-state index >= 15 is 0 Å². The normalized spacial score (nSPS) is 12.6. The molecule has 5 rings (SSSR count). The number of ether oxygens (including phenoxy) is 2. The largest absolute Gasteiger partial charge is 0.497 e. The van der Waals surface area contributed by atoms with Crippen molar-refractivity contribution in [1.29, 1.82) is 0 Å². The van der Waals surface area contributed by atoms with Crippen LogP contribution in [0, 0.1) is 0 Å². The highest BCUT2D eigenvalue weighted by atomic mass is 16.5. The molecule has 8 heteroatoms. The molecule has 0 radical (unpaired) electrons. The second kappa shape index (κ2) is 9.82. The van der Waals surface area contributed by atoms with Gasteiger partial charge in [-0.3, -0.25) is 5.01 Å². The number of nitrogens with one attached hydrogen (secondary N) is 1. The number of aromatic amines is 1. The van der Waals surface area contributed by atoms with Gasteiger partial charge >= 0.3 is 0 Å². The van der Waals surface area contributed by atoms with Gasteiger partial charge in [-0.25, -0.2) is 4.98 Å². The van der Waals surface area contributed by atoms with Crippen LogP contribution in [0.4, 0.5) is 0 Å². The molecular weight excluding hydrogens is 430 g/mol. The van der Waals surface area contributed by atoms with Gasteiger partial charge in [-0.1, -0.05) is 18.5 Å². The topological polar surface area (TPSA) is 88.8 Å². The minimum absolute atomic E-state index is 0.506. The lowest BCUT2D eigenvalue weighted by molar-refractivity contribution is 0.229. The molecule has 0 amide bonds. The average Bonchev–Trinajstić information content (AvgIpc) is 3.52. The zero-order valence-corrected chi connectivity index (χ0v) is 19.3. The Labute approximate surface area is 198 Å². The first-order valence-corrected chi connectivity index (χ1v) is 11.4.